The van der Waals surface area contributed by atoms with Crippen LogP contribution in [0.1, 0.15) is 43.0 Å². The number of amides is 1. The maximum Gasteiger partial charge on any atom is 0.257 e. The topological polar surface area (TPSA) is 86.0 Å². The zero-order valence-electron chi connectivity index (χ0n) is 17.8. The highest BCUT2D eigenvalue weighted by Gasteiger charge is 2.17. The van der Waals surface area contributed by atoms with Crippen molar-refractivity contribution in [1.29, 1.82) is 0 Å². The molecule has 1 amide bonds. The van der Waals surface area contributed by atoms with Crippen molar-refractivity contribution in [3.63, 3.8) is 0 Å². The van der Waals surface area contributed by atoms with Crippen LogP contribution in [0.15, 0.2) is 36.5 Å². The van der Waals surface area contributed by atoms with E-state index in [1.54, 1.807) is 10.8 Å². The Morgan fingerprint density at radius 3 is 2.70 bits per heavy atom. The summed E-state index contributed by atoms with van der Waals surface area (Å²) in [7, 11) is -1.78. The van der Waals surface area contributed by atoms with Crippen molar-refractivity contribution in [1.82, 2.24) is 19.1 Å². The van der Waals surface area contributed by atoms with Crippen LogP contribution in [0.5, 0.6) is 0 Å². The number of hydrogen-bond donors (Lipinski definition) is 1. The zero-order chi connectivity index (χ0) is 21.9. The van der Waals surface area contributed by atoms with E-state index in [2.05, 4.69) is 28.9 Å². The van der Waals surface area contributed by atoms with Crippen LogP contribution in [-0.4, -0.2) is 34.4 Å². The molecule has 0 fully saturated rings. The largest absolute Gasteiger partial charge is 0.301 e. The normalized spacial score (nSPS) is 12.1. The number of unbranched alkanes of at least 4 members (excludes halogenated alkanes) is 2. The highest BCUT2D eigenvalue weighted by Crippen LogP contribution is 2.27. The molecule has 8 heteroatoms. The molecule has 3 aromatic rings. The fourth-order valence-corrected chi connectivity index (χ4v) is 4.65. The molecule has 2 heterocycles. The molecule has 0 atom stereocenters. The summed E-state index contributed by atoms with van der Waals surface area (Å²) in [6, 6.07) is 8.15. The van der Waals surface area contributed by atoms with E-state index in [-0.39, 0.29) is 5.75 Å². The minimum absolute atomic E-state index is 0.0493. The molecular weight excluding hydrogens is 400 g/mol. The summed E-state index contributed by atoms with van der Waals surface area (Å²) in [5.41, 5.74) is 3.72. The maximum atomic E-state index is 12.2. The van der Waals surface area contributed by atoms with Crippen LogP contribution in [0, 0.1) is 13.8 Å². The molecule has 0 aliphatic rings. The number of benzene rings is 1. The molecule has 1 aromatic carbocycles. The summed E-state index contributed by atoms with van der Waals surface area (Å²) < 4.78 is 30.0. The Kier molecular flexibility index (Phi) is 6.45. The maximum absolute atomic E-state index is 12.2. The Balaban J connectivity index is 1.89. The Hall–Kier alpha value is -2.87. The smallest absolute Gasteiger partial charge is 0.257 e. The average molecular weight is 429 g/mol. The van der Waals surface area contributed by atoms with Crippen molar-refractivity contribution in [3.05, 3.63) is 53.4 Å². The first-order valence-electron chi connectivity index (χ1n) is 10.1. The minimum Gasteiger partial charge on any atom is -0.301 e. The monoisotopic (exact) mass is 428 g/mol. The molecule has 3 rings (SSSR count). The van der Waals surface area contributed by atoms with Crippen LogP contribution in [-0.2, 0) is 21.9 Å². The third kappa shape index (κ3) is 4.64. The minimum atomic E-state index is -3.63. The number of aromatic nitrogens is 3. The number of hydrogen-bond acceptors (Lipinski definition) is 4. The standard InChI is InChI=1S/C22H28N4O3S/c1-5-6-7-15-30(28,29)24-21(27)12-11-19-17(3)23-25(4)22(19)26-14-13-18-16(2)9-8-10-20(18)26/h8-14H,5-7,15H2,1-4H3,(H,24,27)/b12-11+. The predicted molar refractivity (Wildman–Crippen MR) is 120 cm³/mol. The Morgan fingerprint density at radius 1 is 1.20 bits per heavy atom. The summed E-state index contributed by atoms with van der Waals surface area (Å²) in [6.07, 6.45) is 7.12. The van der Waals surface area contributed by atoms with Crippen molar-refractivity contribution in [2.45, 2.75) is 40.0 Å². The summed E-state index contributed by atoms with van der Waals surface area (Å²) >= 11 is 0. The molecule has 0 spiro atoms. The third-order valence-electron chi connectivity index (χ3n) is 5.09. The van der Waals surface area contributed by atoms with Gasteiger partial charge in [-0.05, 0) is 44.0 Å². The molecule has 0 aliphatic heterocycles. The van der Waals surface area contributed by atoms with E-state index in [1.807, 2.05) is 43.8 Å². The lowest BCUT2D eigenvalue weighted by molar-refractivity contribution is -0.114. The van der Waals surface area contributed by atoms with Crippen molar-refractivity contribution in [3.8, 4) is 5.82 Å². The number of fused-ring (bicyclic) bond motifs is 1. The highest BCUT2D eigenvalue weighted by molar-refractivity contribution is 7.90. The number of carbonyl (C=O) groups excluding carboxylic acids is 1. The van der Waals surface area contributed by atoms with Gasteiger partial charge in [0.2, 0.25) is 10.0 Å². The summed E-state index contributed by atoms with van der Waals surface area (Å²) in [5, 5.41) is 5.63. The summed E-state index contributed by atoms with van der Waals surface area (Å²) in [5.74, 6) is 0.101. The number of rotatable bonds is 8. The molecule has 0 saturated carbocycles. The predicted octanol–water partition coefficient (Wildman–Crippen LogP) is 3.63. The second-order valence-electron chi connectivity index (χ2n) is 7.47. The van der Waals surface area contributed by atoms with Gasteiger partial charge in [-0.2, -0.15) is 5.10 Å². The van der Waals surface area contributed by atoms with E-state index < -0.39 is 15.9 Å². The van der Waals surface area contributed by atoms with Gasteiger partial charge in [0, 0.05) is 30.3 Å². The Labute approximate surface area is 177 Å². The number of sulfonamides is 1. The number of nitrogens with zero attached hydrogens (tertiary/aromatic N) is 3. The molecule has 7 nitrogen and oxygen atoms in total. The second-order valence-corrected chi connectivity index (χ2v) is 9.31. The lowest BCUT2D eigenvalue weighted by atomic mass is 10.1. The van der Waals surface area contributed by atoms with Crippen molar-refractivity contribution < 1.29 is 13.2 Å². The second kappa shape index (κ2) is 8.87. The van der Waals surface area contributed by atoms with Crippen LogP contribution in [0.4, 0.5) is 0 Å². The van der Waals surface area contributed by atoms with E-state index >= 15 is 0 Å². The van der Waals surface area contributed by atoms with E-state index in [1.165, 1.54) is 11.6 Å². The van der Waals surface area contributed by atoms with Gasteiger partial charge in [-0.3, -0.25) is 9.48 Å². The number of aryl methyl sites for hydroxylation is 3. The molecule has 2 aromatic heterocycles. The molecular formula is C22H28N4O3S. The van der Waals surface area contributed by atoms with Crippen LogP contribution in [0.3, 0.4) is 0 Å². The lowest BCUT2D eigenvalue weighted by Crippen LogP contribution is -2.31. The van der Waals surface area contributed by atoms with Crippen LogP contribution < -0.4 is 4.72 Å². The Morgan fingerprint density at radius 2 is 1.97 bits per heavy atom. The number of carbonyl (C=O) groups is 1. The first-order valence-corrected chi connectivity index (χ1v) is 11.7. The van der Waals surface area contributed by atoms with E-state index in [0.717, 1.165) is 40.8 Å². The van der Waals surface area contributed by atoms with E-state index in [4.69, 9.17) is 0 Å². The number of nitrogens with one attached hydrogen (secondary N) is 1. The van der Waals surface area contributed by atoms with Crippen LogP contribution in [0.25, 0.3) is 22.8 Å². The van der Waals surface area contributed by atoms with Crippen LogP contribution >= 0.6 is 0 Å². The lowest BCUT2D eigenvalue weighted by Gasteiger charge is -2.08. The van der Waals surface area contributed by atoms with Gasteiger partial charge in [0.15, 0.2) is 0 Å². The van der Waals surface area contributed by atoms with Gasteiger partial charge in [-0.15, -0.1) is 0 Å². The van der Waals surface area contributed by atoms with Gasteiger partial charge in [-0.25, -0.2) is 13.1 Å². The SMILES string of the molecule is CCCCCS(=O)(=O)NC(=O)/C=C/c1c(C)nn(C)c1-n1ccc2c(C)cccc21. The van der Waals surface area contributed by atoms with Gasteiger partial charge in [0.1, 0.15) is 5.82 Å². The Bertz CT molecular complexity index is 1200. The molecule has 0 aliphatic carbocycles. The molecule has 1 N–H and O–H groups in total. The van der Waals surface area contributed by atoms with Gasteiger partial charge >= 0.3 is 0 Å². The fraction of sp³-hybridized carbons (Fsp3) is 0.364. The van der Waals surface area contributed by atoms with Gasteiger partial charge < -0.3 is 4.57 Å². The van der Waals surface area contributed by atoms with Gasteiger partial charge in [0.25, 0.3) is 5.91 Å². The molecule has 30 heavy (non-hydrogen) atoms. The van der Waals surface area contributed by atoms with Crippen molar-refractivity contribution in [2.24, 2.45) is 7.05 Å². The van der Waals surface area contributed by atoms with Gasteiger partial charge in [0.05, 0.1) is 17.0 Å². The molecule has 0 unspecified atom stereocenters. The molecule has 0 bridgehead atoms. The highest BCUT2D eigenvalue weighted by atomic mass is 32.2. The van der Waals surface area contributed by atoms with Crippen molar-refractivity contribution in [2.75, 3.05) is 5.75 Å². The van der Waals surface area contributed by atoms with Crippen LogP contribution in [0.2, 0.25) is 0 Å². The van der Waals surface area contributed by atoms with Gasteiger partial charge in [-0.1, -0.05) is 31.9 Å². The average Bonchev–Trinajstić information content (AvgIpc) is 3.20. The summed E-state index contributed by atoms with van der Waals surface area (Å²) in [6.45, 7) is 5.92. The van der Waals surface area contributed by atoms with E-state index in [9.17, 15) is 13.2 Å². The quantitative estimate of drug-likeness (QED) is 0.438. The molecule has 0 radical (unpaired) electrons. The first kappa shape index (κ1) is 21.8. The first-order chi connectivity index (χ1) is 14.2. The summed E-state index contributed by atoms with van der Waals surface area (Å²) in [4.78, 5) is 12.2. The third-order valence-corrected chi connectivity index (χ3v) is 6.43. The fourth-order valence-electron chi connectivity index (χ4n) is 3.59. The molecule has 0 saturated heterocycles. The van der Waals surface area contributed by atoms with Crippen molar-refractivity contribution >= 4 is 32.9 Å². The molecule has 160 valence electrons. The zero-order valence-corrected chi connectivity index (χ0v) is 18.7. The van der Waals surface area contributed by atoms with E-state index in [0.29, 0.717) is 6.42 Å².